The van der Waals surface area contributed by atoms with Crippen molar-refractivity contribution < 1.29 is 24.5 Å². The SMILES string of the molecule is Cc1ccccc1CN1CCOc2cc3c(c(C)c21)CCNCC3.O=C(O)/C=C/C(=O)O. The Labute approximate surface area is 188 Å². The van der Waals surface area contributed by atoms with Crippen LogP contribution < -0.4 is 15.0 Å². The number of benzene rings is 2. The monoisotopic (exact) mass is 438 g/mol. The Morgan fingerprint density at radius 1 is 1.09 bits per heavy atom. The van der Waals surface area contributed by atoms with Gasteiger partial charge in [-0.3, -0.25) is 0 Å². The number of hydrogen-bond donors (Lipinski definition) is 3. The third kappa shape index (κ3) is 5.88. The minimum atomic E-state index is -1.26. The second-order valence-electron chi connectivity index (χ2n) is 7.94. The van der Waals surface area contributed by atoms with Crippen LogP contribution in [0.15, 0.2) is 42.5 Å². The van der Waals surface area contributed by atoms with Crippen LogP contribution in [0.5, 0.6) is 5.75 Å². The molecule has 2 aliphatic heterocycles. The summed E-state index contributed by atoms with van der Waals surface area (Å²) in [7, 11) is 0. The highest BCUT2D eigenvalue weighted by Crippen LogP contribution is 2.40. The van der Waals surface area contributed by atoms with Crippen molar-refractivity contribution in [3.8, 4) is 5.75 Å². The molecule has 0 amide bonds. The summed E-state index contributed by atoms with van der Waals surface area (Å²) in [6, 6.07) is 11.0. The Hall–Kier alpha value is -3.32. The molecular formula is C25H30N2O5. The normalized spacial score (nSPS) is 15.0. The number of fused-ring (bicyclic) bond motifs is 2. The molecule has 2 heterocycles. The van der Waals surface area contributed by atoms with E-state index in [4.69, 9.17) is 14.9 Å². The third-order valence-corrected chi connectivity index (χ3v) is 5.78. The highest BCUT2D eigenvalue weighted by atomic mass is 16.5. The van der Waals surface area contributed by atoms with Crippen LogP contribution in [0.25, 0.3) is 0 Å². The van der Waals surface area contributed by atoms with Gasteiger partial charge in [0.1, 0.15) is 12.4 Å². The number of ether oxygens (including phenoxy) is 1. The maximum absolute atomic E-state index is 9.55. The van der Waals surface area contributed by atoms with Crippen LogP contribution in [0.4, 0.5) is 5.69 Å². The van der Waals surface area contributed by atoms with Gasteiger partial charge in [-0.25, -0.2) is 9.59 Å². The first kappa shape index (κ1) is 23.3. The van der Waals surface area contributed by atoms with E-state index in [1.807, 2.05) is 0 Å². The van der Waals surface area contributed by atoms with Gasteiger partial charge in [-0.2, -0.15) is 0 Å². The van der Waals surface area contributed by atoms with Crippen molar-refractivity contribution in [1.82, 2.24) is 5.32 Å². The molecule has 0 saturated carbocycles. The van der Waals surface area contributed by atoms with E-state index in [9.17, 15) is 9.59 Å². The lowest BCUT2D eigenvalue weighted by Crippen LogP contribution is -2.33. The topological polar surface area (TPSA) is 99.1 Å². The summed E-state index contributed by atoms with van der Waals surface area (Å²) in [5.41, 5.74) is 8.49. The molecule has 0 unspecified atom stereocenters. The summed E-state index contributed by atoms with van der Waals surface area (Å²) in [6.45, 7) is 9.31. The van der Waals surface area contributed by atoms with Crippen molar-refractivity contribution in [3.05, 3.63) is 70.3 Å². The van der Waals surface area contributed by atoms with E-state index < -0.39 is 11.9 Å². The van der Waals surface area contributed by atoms with Gasteiger partial charge in [0.15, 0.2) is 0 Å². The summed E-state index contributed by atoms with van der Waals surface area (Å²) in [6.07, 6.45) is 3.34. The number of nitrogens with zero attached hydrogens (tertiary/aromatic N) is 1. The zero-order valence-electron chi connectivity index (χ0n) is 18.6. The maximum atomic E-state index is 9.55. The zero-order valence-corrected chi connectivity index (χ0v) is 18.6. The average molecular weight is 439 g/mol. The minimum absolute atomic E-state index is 0.558. The summed E-state index contributed by atoms with van der Waals surface area (Å²) >= 11 is 0. The number of carboxylic acids is 2. The Morgan fingerprint density at radius 3 is 2.47 bits per heavy atom. The molecule has 3 N–H and O–H groups in total. The number of hydrogen-bond acceptors (Lipinski definition) is 5. The molecule has 2 aromatic rings. The lowest BCUT2D eigenvalue weighted by atomic mass is 9.94. The number of nitrogens with one attached hydrogen (secondary N) is 1. The molecule has 0 radical (unpaired) electrons. The molecule has 32 heavy (non-hydrogen) atoms. The molecule has 4 rings (SSSR count). The van der Waals surface area contributed by atoms with Crippen molar-refractivity contribution in [2.24, 2.45) is 0 Å². The molecule has 7 nitrogen and oxygen atoms in total. The molecule has 0 aromatic heterocycles. The minimum Gasteiger partial charge on any atom is -0.490 e. The summed E-state index contributed by atoms with van der Waals surface area (Å²) < 4.78 is 6.05. The van der Waals surface area contributed by atoms with Crippen molar-refractivity contribution in [1.29, 1.82) is 0 Å². The maximum Gasteiger partial charge on any atom is 0.328 e. The Bertz CT molecular complexity index is 1000. The van der Waals surface area contributed by atoms with E-state index in [2.05, 4.69) is 54.4 Å². The van der Waals surface area contributed by atoms with Crippen molar-refractivity contribution >= 4 is 17.6 Å². The fourth-order valence-electron chi connectivity index (χ4n) is 4.19. The third-order valence-electron chi connectivity index (χ3n) is 5.78. The molecular weight excluding hydrogens is 408 g/mol. The molecule has 0 fully saturated rings. The predicted molar refractivity (Wildman–Crippen MR) is 124 cm³/mol. The summed E-state index contributed by atoms with van der Waals surface area (Å²) in [5.74, 6) is -1.44. The number of anilines is 1. The van der Waals surface area contributed by atoms with E-state index in [0.29, 0.717) is 12.2 Å². The van der Waals surface area contributed by atoms with Gasteiger partial charge in [-0.1, -0.05) is 24.3 Å². The van der Waals surface area contributed by atoms with Crippen LogP contribution in [-0.4, -0.2) is 48.4 Å². The van der Waals surface area contributed by atoms with Gasteiger partial charge >= 0.3 is 11.9 Å². The highest BCUT2D eigenvalue weighted by Gasteiger charge is 2.25. The summed E-state index contributed by atoms with van der Waals surface area (Å²) in [4.78, 5) is 21.6. The first-order chi connectivity index (χ1) is 15.4. The molecule has 0 bridgehead atoms. The van der Waals surface area contributed by atoms with Gasteiger partial charge in [0.2, 0.25) is 0 Å². The van der Waals surface area contributed by atoms with Gasteiger partial charge < -0.3 is 25.2 Å². The zero-order chi connectivity index (χ0) is 23.1. The smallest absolute Gasteiger partial charge is 0.328 e. The molecule has 0 aliphatic carbocycles. The van der Waals surface area contributed by atoms with Gasteiger partial charge in [0, 0.05) is 18.7 Å². The van der Waals surface area contributed by atoms with Crippen LogP contribution in [0.3, 0.4) is 0 Å². The van der Waals surface area contributed by atoms with Crippen LogP contribution >= 0.6 is 0 Å². The largest absolute Gasteiger partial charge is 0.490 e. The molecule has 0 saturated heterocycles. The van der Waals surface area contributed by atoms with Crippen LogP contribution in [0.2, 0.25) is 0 Å². The second kappa shape index (κ2) is 10.8. The Balaban J connectivity index is 0.000000312. The Kier molecular flexibility index (Phi) is 7.89. The standard InChI is InChI=1S/C21H26N2O.C4H4O4/c1-15-5-3-4-6-18(15)14-23-11-12-24-20-13-17-7-9-22-10-8-19(17)16(2)21(20)23;5-3(6)1-2-4(7)8/h3-6,13,22H,7-12,14H2,1-2H3;1-2H,(H,5,6)(H,7,8)/b;2-1+. The lowest BCUT2D eigenvalue weighted by molar-refractivity contribution is -0.134. The van der Waals surface area contributed by atoms with Crippen molar-refractivity contribution in [3.63, 3.8) is 0 Å². The quantitative estimate of drug-likeness (QED) is 0.631. The van der Waals surface area contributed by atoms with E-state index in [0.717, 1.165) is 51.4 Å². The van der Waals surface area contributed by atoms with E-state index in [-0.39, 0.29) is 0 Å². The van der Waals surface area contributed by atoms with Gasteiger partial charge in [0.25, 0.3) is 0 Å². The number of carboxylic acid groups (broad SMARTS) is 2. The Morgan fingerprint density at radius 2 is 1.78 bits per heavy atom. The van der Waals surface area contributed by atoms with Gasteiger partial charge in [-0.15, -0.1) is 0 Å². The van der Waals surface area contributed by atoms with E-state index in [1.54, 1.807) is 0 Å². The second-order valence-corrected chi connectivity index (χ2v) is 7.94. The van der Waals surface area contributed by atoms with Crippen molar-refractivity contribution in [2.45, 2.75) is 33.2 Å². The molecule has 2 aliphatic rings. The molecule has 170 valence electrons. The molecule has 0 spiro atoms. The predicted octanol–water partition coefficient (Wildman–Crippen LogP) is 3.10. The van der Waals surface area contributed by atoms with Crippen molar-refractivity contribution in [2.75, 3.05) is 31.1 Å². The highest BCUT2D eigenvalue weighted by molar-refractivity contribution is 5.89. The van der Waals surface area contributed by atoms with E-state index >= 15 is 0 Å². The molecule has 2 aromatic carbocycles. The molecule has 0 atom stereocenters. The van der Waals surface area contributed by atoms with Crippen LogP contribution in [-0.2, 0) is 29.0 Å². The van der Waals surface area contributed by atoms with Gasteiger partial charge in [-0.05, 0) is 73.7 Å². The van der Waals surface area contributed by atoms with Crippen LogP contribution in [0, 0.1) is 13.8 Å². The number of rotatable bonds is 4. The average Bonchev–Trinajstić information content (AvgIpc) is 3.00. The van der Waals surface area contributed by atoms with Crippen LogP contribution in [0.1, 0.15) is 27.8 Å². The van der Waals surface area contributed by atoms with Gasteiger partial charge in [0.05, 0.1) is 12.2 Å². The first-order valence-corrected chi connectivity index (χ1v) is 10.8. The fourth-order valence-corrected chi connectivity index (χ4v) is 4.19. The summed E-state index contributed by atoms with van der Waals surface area (Å²) in [5, 5.41) is 19.1. The van der Waals surface area contributed by atoms with E-state index in [1.165, 1.54) is 33.5 Å². The lowest BCUT2D eigenvalue weighted by Gasteiger charge is -2.34. The number of aryl methyl sites for hydroxylation is 1. The molecule has 7 heteroatoms. The first-order valence-electron chi connectivity index (χ1n) is 10.8. The fraction of sp³-hybridized carbons (Fsp3) is 0.360. The number of aliphatic carboxylic acids is 2. The number of carbonyl (C=O) groups is 2.